The molecule has 0 aliphatic heterocycles. The molecule has 3 heteroatoms. The van der Waals surface area contributed by atoms with E-state index in [0.717, 1.165) is 19.5 Å². The van der Waals surface area contributed by atoms with Crippen LogP contribution in [0.2, 0.25) is 0 Å². The van der Waals surface area contributed by atoms with Gasteiger partial charge in [0.15, 0.2) is 0 Å². The molecule has 1 rings (SSSR count). The number of hydrogen-bond acceptors (Lipinski definition) is 2. The zero-order valence-electron chi connectivity index (χ0n) is 12.3. The molecule has 1 amide bonds. The van der Waals surface area contributed by atoms with Gasteiger partial charge in [-0.05, 0) is 17.9 Å². The van der Waals surface area contributed by atoms with Crippen LogP contribution in [0.25, 0.3) is 0 Å². The number of benzene rings is 1. The summed E-state index contributed by atoms with van der Waals surface area (Å²) in [7, 11) is 0. The largest absolute Gasteiger partial charge is 0.356 e. The Morgan fingerprint density at radius 3 is 2.47 bits per heavy atom. The highest BCUT2D eigenvalue weighted by molar-refractivity contribution is 5.76. The minimum absolute atomic E-state index is 0.129. The van der Waals surface area contributed by atoms with Crippen molar-refractivity contribution in [2.24, 2.45) is 5.92 Å². The molecular formula is C16H26N2O. The zero-order valence-corrected chi connectivity index (χ0v) is 12.3. The number of carbonyl (C=O) groups excluding carboxylic acids is 1. The van der Waals surface area contributed by atoms with Crippen LogP contribution in [0.4, 0.5) is 0 Å². The maximum absolute atomic E-state index is 11.6. The molecule has 1 unspecified atom stereocenters. The molecule has 1 aromatic rings. The Hall–Kier alpha value is -1.35. The normalized spacial score (nSPS) is 12.4. The summed E-state index contributed by atoms with van der Waals surface area (Å²) in [5.74, 6) is 0.633. The third-order valence-corrected chi connectivity index (χ3v) is 3.06. The Kier molecular flexibility index (Phi) is 7.19. The molecule has 0 saturated carbocycles. The smallest absolute Gasteiger partial charge is 0.221 e. The Labute approximate surface area is 116 Å². The van der Waals surface area contributed by atoms with Gasteiger partial charge in [0.2, 0.25) is 5.91 Å². The van der Waals surface area contributed by atoms with Gasteiger partial charge in [-0.2, -0.15) is 0 Å². The van der Waals surface area contributed by atoms with Crippen LogP contribution in [0.15, 0.2) is 30.3 Å². The van der Waals surface area contributed by atoms with E-state index in [1.807, 2.05) is 6.07 Å². The molecule has 0 bridgehead atoms. The minimum Gasteiger partial charge on any atom is -0.356 e. The van der Waals surface area contributed by atoms with Gasteiger partial charge in [0.1, 0.15) is 0 Å². The first-order valence-corrected chi connectivity index (χ1v) is 7.18. The molecular weight excluding hydrogens is 236 g/mol. The number of nitrogens with one attached hydrogen (secondary N) is 2. The van der Waals surface area contributed by atoms with E-state index in [1.165, 1.54) is 5.56 Å². The first-order chi connectivity index (χ1) is 9.13. The van der Waals surface area contributed by atoms with E-state index in [4.69, 9.17) is 0 Å². The number of amides is 1. The maximum Gasteiger partial charge on any atom is 0.221 e. The zero-order chi connectivity index (χ0) is 14.1. The second-order valence-corrected chi connectivity index (χ2v) is 5.27. The second-order valence-electron chi connectivity index (χ2n) is 5.27. The van der Waals surface area contributed by atoms with Crippen LogP contribution < -0.4 is 10.6 Å². The van der Waals surface area contributed by atoms with Gasteiger partial charge in [-0.1, -0.05) is 51.1 Å². The molecule has 2 N–H and O–H groups in total. The summed E-state index contributed by atoms with van der Waals surface area (Å²) in [4.78, 5) is 11.6. The third-order valence-electron chi connectivity index (χ3n) is 3.06. The van der Waals surface area contributed by atoms with E-state index in [1.54, 1.807) is 0 Å². The monoisotopic (exact) mass is 262 g/mol. The molecule has 0 aliphatic rings. The van der Waals surface area contributed by atoms with E-state index in [-0.39, 0.29) is 5.91 Å². The van der Waals surface area contributed by atoms with E-state index in [9.17, 15) is 4.79 Å². The first kappa shape index (κ1) is 15.7. The predicted octanol–water partition coefficient (Wildman–Crippen LogP) is 2.89. The molecule has 106 valence electrons. The third kappa shape index (κ3) is 6.39. The molecule has 0 saturated heterocycles. The van der Waals surface area contributed by atoms with Crippen molar-refractivity contribution in [1.29, 1.82) is 0 Å². The lowest BCUT2D eigenvalue weighted by atomic mass is 10.0. The van der Waals surface area contributed by atoms with E-state index in [2.05, 4.69) is 55.7 Å². The molecule has 0 radical (unpaired) electrons. The molecule has 1 aromatic carbocycles. The van der Waals surface area contributed by atoms with Gasteiger partial charge < -0.3 is 10.6 Å². The van der Waals surface area contributed by atoms with Crippen LogP contribution in [0.1, 0.15) is 45.2 Å². The van der Waals surface area contributed by atoms with Crippen LogP contribution in [0.5, 0.6) is 0 Å². The van der Waals surface area contributed by atoms with Crippen LogP contribution in [0.3, 0.4) is 0 Å². The van der Waals surface area contributed by atoms with E-state index >= 15 is 0 Å². The highest BCUT2D eigenvalue weighted by Gasteiger charge is 2.08. The lowest BCUT2D eigenvalue weighted by Gasteiger charge is -2.17. The Morgan fingerprint density at radius 1 is 1.21 bits per heavy atom. The molecule has 0 aromatic heterocycles. The summed E-state index contributed by atoms with van der Waals surface area (Å²) in [6.07, 6.45) is 1.56. The van der Waals surface area contributed by atoms with Crippen molar-refractivity contribution >= 4 is 5.91 Å². The van der Waals surface area contributed by atoms with Crippen LogP contribution >= 0.6 is 0 Å². The van der Waals surface area contributed by atoms with Gasteiger partial charge in [0.25, 0.3) is 0 Å². The van der Waals surface area contributed by atoms with Crippen molar-refractivity contribution in [2.45, 2.75) is 39.7 Å². The van der Waals surface area contributed by atoms with Crippen LogP contribution in [0, 0.1) is 5.92 Å². The van der Waals surface area contributed by atoms with Crippen molar-refractivity contribution in [1.82, 2.24) is 10.6 Å². The average molecular weight is 262 g/mol. The quantitative estimate of drug-likeness (QED) is 0.756. The topological polar surface area (TPSA) is 41.1 Å². The number of rotatable bonds is 8. The molecule has 0 aliphatic carbocycles. The predicted molar refractivity (Wildman–Crippen MR) is 79.9 cm³/mol. The Morgan fingerprint density at radius 2 is 1.89 bits per heavy atom. The number of hydrogen-bond donors (Lipinski definition) is 2. The van der Waals surface area contributed by atoms with Gasteiger partial charge in [-0.15, -0.1) is 0 Å². The lowest BCUT2D eigenvalue weighted by Crippen LogP contribution is -2.31. The fourth-order valence-electron chi connectivity index (χ4n) is 1.95. The summed E-state index contributed by atoms with van der Waals surface area (Å²) in [6, 6.07) is 10.7. The van der Waals surface area contributed by atoms with E-state index in [0.29, 0.717) is 18.4 Å². The van der Waals surface area contributed by atoms with Crippen molar-refractivity contribution in [2.75, 3.05) is 13.1 Å². The molecule has 19 heavy (non-hydrogen) atoms. The van der Waals surface area contributed by atoms with Gasteiger partial charge in [-0.25, -0.2) is 0 Å². The number of carbonyl (C=O) groups is 1. The van der Waals surface area contributed by atoms with Crippen molar-refractivity contribution in [3.8, 4) is 0 Å². The summed E-state index contributed by atoms with van der Waals surface area (Å²) in [6.45, 7) is 7.83. The summed E-state index contributed by atoms with van der Waals surface area (Å²) in [5.41, 5.74) is 1.28. The van der Waals surface area contributed by atoms with Crippen molar-refractivity contribution in [3.05, 3.63) is 35.9 Å². The second kappa shape index (κ2) is 8.70. The maximum atomic E-state index is 11.6. The fourth-order valence-corrected chi connectivity index (χ4v) is 1.95. The van der Waals surface area contributed by atoms with Crippen molar-refractivity contribution < 1.29 is 4.79 Å². The van der Waals surface area contributed by atoms with E-state index < -0.39 is 0 Å². The molecule has 0 fully saturated rings. The van der Waals surface area contributed by atoms with Gasteiger partial charge >= 0.3 is 0 Å². The summed E-state index contributed by atoms with van der Waals surface area (Å²) in [5, 5.41) is 6.38. The SMILES string of the molecule is CCC(NCCC(=O)NCC(C)C)c1ccccc1. The first-order valence-electron chi connectivity index (χ1n) is 7.18. The lowest BCUT2D eigenvalue weighted by molar-refractivity contribution is -0.121. The van der Waals surface area contributed by atoms with Gasteiger partial charge in [0.05, 0.1) is 0 Å². The summed E-state index contributed by atoms with van der Waals surface area (Å²) >= 11 is 0. The van der Waals surface area contributed by atoms with Crippen LogP contribution in [-0.4, -0.2) is 19.0 Å². The average Bonchev–Trinajstić information content (AvgIpc) is 2.42. The molecule has 3 nitrogen and oxygen atoms in total. The van der Waals surface area contributed by atoms with Gasteiger partial charge in [0, 0.05) is 25.6 Å². The molecule has 1 atom stereocenters. The highest BCUT2D eigenvalue weighted by atomic mass is 16.1. The highest BCUT2D eigenvalue weighted by Crippen LogP contribution is 2.15. The van der Waals surface area contributed by atoms with Crippen LogP contribution in [-0.2, 0) is 4.79 Å². The standard InChI is InChI=1S/C16H26N2O/c1-4-15(14-8-6-5-7-9-14)17-11-10-16(19)18-12-13(2)3/h5-9,13,15,17H,4,10-12H2,1-3H3,(H,18,19). The fraction of sp³-hybridized carbons (Fsp3) is 0.562. The summed E-state index contributed by atoms with van der Waals surface area (Å²) < 4.78 is 0. The van der Waals surface area contributed by atoms with Crippen molar-refractivity contribution in [3.63, 3.8) is 0 Å². The minimum atomic E-state index is 0.129. The van der Waals surface area contributed by atoms with Gasteiger partial charge in [-0.3, -0.25) is 4.79 Å². The molecule has 0 heterocycles. The molecule has 0 spiro atoms. The Bertz CT molecular complexity index is 362. The Balaban J connectivity index is 2.29.